The molecule has 1 rings (SSSR count). The number of hydrogen-bond donors (Lipinski definition) is 2. The Morgan fingerprint density at radius 1 is 1.37 bits per heavy atom. The van der Waals surface area contributed by atoms with E-state index in [1.807, 2.05) is 13.8 Å². The SMILES string of the molecule is CCC(CC)C(=O)Nc1cc(S(N)(=O)=O)ccc1F. The normalized spacial score (nSPS) is 11.6. The number of nitrogens with one attached hydrogen (secondary N) is 1. The maximum absolute atomic E-state index is 13.5. The number of benzene rings is 1. The summed E-state index contributed by atoms with van der Waals surface area (Å²) >= 11 is 0. The van der Waals surface area contributed by atoms with Crippen molar-refractivity contribution in [1.29, 1.82) is 0 Å². The van der Waals surface area contributed by atoms with Crippen LogP contribution >= 0.6 is 0 Å². The summed E-state index contributed by atoms with van der Waals surface area (Å²) in [5, 5.41) is 7.35. The number of rotatable bonds is 5. The first-order valence-corrected chi connectivity index (χ1v) is 7.47. The van der Waals surface area contributed by atoms with E-state index in [-0.39, 0.29) is 22.4 Å². The highest BCUT2D eigenvalue weighted by Gasteiger charge is 2.17. The van der Waals surface area contributed by atoms with Gasteiger partial charge in [0.1, 0.15) is 5.82 Å². The molecule has 1 aromatic rings. The topological polar surface area (TPSA) is 89.3 Å². The summed E-state index contributed by atoms with van der Waals surface area (Å²) in [4.78, 5) is 11.6. The van der Waals surface area contributed by atoms with Crippen LogP contribution in [-0.2, 0) is 14.8 Å². The second kappa shape index (κ2) is 6.12. The first-order valence-electron chi connectivity index (χ1n) is 5.92. The van der Waals surface area contributed by atoms with Crippen LogP contribution < -0.4 is 10.5 Å². The van der Waals surface area contributed by atoms with Gasteiger partial charge in [0.2, 0.25) is 15.9 Å². The minimum absolute atomic E-state index is 0.177. The van der Waals surface area contributed by atoms with Crippen molar-refractivity contribution in [1.82, 2.24) is 0 Å². The molecule has 1 amide bonds. The van der Waals surface area contributed by atoms with Crippen LogP contribution in [0.25, 0.3) is 0 Å². The maximum atomic E-state index is 13.5. The minimum Gasteiger partial charge on any atom is -0.323 e. The van der Waals surface area contributed by atoms with E-state index in [0.717, 1.165) is 18.2 Å². The number of nitrogens with two attached hydrogens (primary N) is 1. The molecule has 0 atom stereocenters. The lowest BCUT2D eigenvalue weighted by Gasteiger charge is -2.13. The summed E-state index contributed by atoms with van der Waals surface area (Å²) in [5.74, 6) is -1.28. The summed E-state index contributed by atoms with van der Waals surface area (Å²) < 4.78 is 35.9. The molecule has 106 valence electrons. The number of anilines is 1. The molecule has 0 unspecified atom stereocenters. The molecular formula is C12H17FN2O3S. The zero-order valence-corrected chi connectivity index (χ0v) is 11.6. The van der Waals surface area contributed by atoms with Gasteiger partial charge in [0.25, 0.3) is 0 Å². The molecule has 0 saturated heterocycles. The van der Waals surface area contributed by atoms with Gasteiger partial charge in [0.05, 0.1) is 10.6 Å². The number of carbonyl (C=O) groups is 1. The lowest BCUT2D eigenvalue weighted by molar-refractivity contribution is -0.120. The van der Waals surface area contributed by atoms with Crippen LogP contribution in [0.2, 0.25) is 0 Å². The largest absolute Gasteiger partial charge is 0.323 e. The van der Waals surface area contributed by atoms with Crippen LogP contribution in [-0.4, -0.2) is 14.3 Å². The van der Waals surface area contributed by atoms with Gasteiger partial charge in [-0.05, 0) is 31.0 Å². The third-order valence-corrected chi connectivity index (χ3v) is 3.79. The van der Waals surface area contributed by atoms with Crippen molar-refractivity contribution in [3.05, 3.63) is 24.0 Å². The van der Waals surface area contributed by atoms with Gasteiger partial charge >= 0.3 is 0 Å². The molecule has 0 radical (unpaired) electrons. The first-order chi connectivity index (χ1) is 8.79. The van der Waals surface area contributed by atoms with Gasteiger partial charge in [-0.25, -0.2) is 17.9 Å². The third kappa shape index (κ3) is 4.00. The number of halogens is 1. The van der Waals surface area contributed by atoms with Gasteiger partial charge in [0, 0.05) is 5.92 Å². The van der Waals surface area contributed by atoms with E-state index >= 15 is 0 Å². The van der Waals surface area contributed by atoms with Crippen LogP contribution in [0, 0.1) is 11.7 Å². The van der Waals surface area contributed by atoms with Crippen LogP contribution in [0.1, 0.15) is 26.7 Å². The van der Waals surface area contributed by atoms with Gasteiger partial charge in [-0.3, -0.25) is 4.79 Å². The molecular weight excluding hydrogens is 271 g/mol. The van der Waals surface area contributed by atoms with Crippen molar-refractivity contribution in [2.24, 2.45) is 11.1 Å². The second-order valence-electron chi connectivity index (χ2n) is 4.19. The number of amides is 1. The van der Waals surface area contributed by atoms with Gasteiger partial charge in [-0.15, -0.1) is 0 Å². The average Bonchev–Trinajstić information content (AvgIpc) is 2.32. The Kier molecular flexibility index (Phi) is 5.02. The lowest BCUT2D eigenvalue weighted by atomic mass is 10.0. The molecule has 0 heterocycles. The number of carbonyl (C=O) groups excluding carboxylic acids is 1. The van der Waals surface area contributed by atoms with Crippen molar-refractivity contribution >= 4 is 21.6 Å². The first kappa shape index (κ1) is 15.6. The predicted octanol–water partition coefficient (Wildman–Crippen LogP) is 1.85. The fourth-order valence-electron chi connectivity index (χ4n) is 1.67. The Labute approximate surface area is 112 Å². The number of sulfonamides is 1. The molecule has 0 aliphatic carbocycles. The Balaban J connectivity index is 3.04. The van der Waals surface area contributed by atoms with Crippen molar-refractivity contribution in [2.75, 3.05) is 5.32 Å². The van der Waals surface area contributed by atoms with Crippen molar-refractivity contribution in [2.45, 2.75) is 31.6 Å². The van der Waals surface area contributed by atoms with E-state index in [9.17, 15) is 17.6 Å². The number of primary sulfonamides is 1. The Morgan fingerprint density at radius 3 is 2.42 bits per heavy atom. The van der Waals surface area contributed by atoms with E-state index in [4.69, 9.17) is 5.14 Å². The summed E-state index contributed by atoms with van der Waals surface area (Å²) in [5.41, 5.74) is -0.177. The molecule has 0 bridgehead atoms. The fraction of sp³-hybridized carbons (Fsp3) is 0.417. The van der Waals surface area contributed by atoms with E-state index in [0.29, 0.717) is 12.8 Å². The van der Waals surface area contributed by atoms with Gasteiger partial charge in [-0.1, -0.05) is 13.8 Å². The molecule has 0 fully saturated rings. The molecule has 1 aromatic carbocycles. The molecule has 19 heavy (non-hydrogen) atoms. The van der Waals surface area contributed by atoms with Gasteiger partial charge in [-0.2, -0.15) is 0 Å². The number of hydrogen-bond acceptors (Lipinski definition) is 3. The van der Waals surface area contributed by atoms with Gasteiger partial charge in [0.15, 0.2) is 0 Å². The van der Waals surface area contributed by atoms with Crippen LogP contribution in [0.15, 0.2) is 23.1 Å². The zero-order valence-electron chi connectivity index (χ0n) is 10.8. The van der Waals surface area contributed by atoms with E-state index in [1.165, 1.54) is 0 Å². The molecule has 0 aliphatic heterocycles. The molecule has 0 aromatic heterocycles. The quantitative estimate of drug-likeness (QED) is 0.866. The Hall–Kier alpha value is -1.47. The van der Waals surface area contributed by atoms with Crippen LogP contribution in [0.5, 0.6) is 0 Å². The lowest BCUT2D eigenvalue weighted by Crippen LogP contribution is -2.22. The van der Waals surface area contributed by atoms with Crippen molar-refractivity contribution in [3.63, 3.8) is 0 Å². The average molecular weight is 288 g/mol. The highest BCUT2D eigenvalue weighted by Crippen LogP contribution is 2.20. The standard InChI is InChI=1S/C12H17FN2O3S/c1-3-8(4-2)12(16)15-11-7-9(19(14,17)18)5-6-10(11)13/h5-8H,3-4H2,1-2H3,(H,15,16)(H2,14,17,18). The summed E-state index contributed by atoms with van der Waals surface area (Å²) in [7, 11) is -3.93. The van der Waals surface area contributed by atoms with Crippen molar-refractivity contribution < 1.29 is 17.6 Å². The summed E-state index contributed by atoms with van der Waals surface area (Å²) in [6.07, 6.45) is 1.25. The highest BCUT2D eigenvalue weighted by molar-refractivity contribution is 7.89. The van der Waals surface area contributed by atoms with E-state index in [1.54, 1.807) is 0 Å². The molecule has 3 N–H and O–H groups in total. The molecule has 0 saturated carbocycles. The van der Waals surface area contributed by atoms with E-state index in [2.05, 4.69) is 5.32 Å². The monoisotopic (exact) mass is 288 g/mol. The molecule has 5 nitrogen and oxygen atoms in total. The van der Waals surface area contributed by atoms with E-state index < -0.39 is 15.8 Å². The molecule has 7 heteroatoms. The second-order valence-corrected chi connectivity index (χ2v) is 5.75. The maximum Gasteiger partial charge on any atom is 0.238 e. The minimum atomic E-state index is -3.93. The highest BCUT2D eigenvalue weighted by atomic mass is 32.2. The smallest absolute Gasteiger partial charge is 0.238 e. The van der Waals surface area contributed by atoms with Gasteiger partial charge < -0.3 is 5.32 Å². The molecule has 0 spiro atoms. The summed E-state index contributed by atoms with van der Waals surface area (Å²) in [6, 6.07) is 3.03. The Bertz CT molecular complexity index is 568. The predicted molar refractivity (Wildman–Crippen MR) is 70.5 cm³/mol. The zero-order chi connectivity index (χ0) is 14.6. The van der Waals surface area contributed by atoms with Crippen LogP contribution in [0.3, 0.4) is 0 Å². The fourth-order valence-corrected chi connectivity index (χ4v) is 2.21. The van der Waals surface area contributed by atoms with Crippen LogP contribution in [0.4, 0.5) is 10.1 Å². The molecule has 0 aliphatic rings. The third-order valence-electron chi connectivity index (χ3n) is 2.88. The van der Waals surface area contributed by atoms with Crippen molar-refractivity contribution in [3.8, 4) is 0 Å². The summed E-state index contributed by atoms with van der Waals surface area (Å²) in [6.45, 7) is 3.70. The Morgan fingerprint density at radius 2 is 1.95 bits per heavy atom.